The molecule has 2 unspecified atom stereocenters. The second kappa shape index (κ2) is 4.41. The van der Waals surface area contributed by atoms with E-state index in [2.05, 4.69) is 10.0 Å². The SMILES string of the molecule is CC1(C)O[C@@H]2C(O)[C@H](N=[N+]=[N-])OC(CO)[C@@H]2O1. The van der Waals surface area contributed by atoms with Crippen LogP contribution in [0.15, 0.2) is 5.11 Å². The van der Waals surface area contributed by atoms with Gasteiger partial charge in [-0.3, -0.25) is 0 Å². The highest BCUT2D eigenvalue weighted by molar-refractivity contribution is 4.97. The zero-order chi connectivity index (χ0) is 12.6. The van der Waals surface area contributed by atoms with Crippen LogP contribution in [-0.2, 0) is 14.2 Å². The molecule has 17 heavy (non-hydrogen) atoms. The number of hydrogen-bond donors (Lipinski definition) is 2. The lowest BCUT2D eigenvalue weighted by molar-refractivity contribution is -0.193. The molecule has 2 heterocycles. The highest BCUT2D eigenvalue weighted by Crippen LogP contribution is 2.37. The molecule has 0 spiro atoms. The van der Waals surface area contributed by atoms with E-state index in [9.17, 15) is 10.2 Å². The molecule has 2 fully saturated rings. The summed E-state index contributed by atoms with van der Waals surface area (Å²) in [6.07, 6.45) is -4.11. The van der Waals surface area contributed by atoms with Crippen LogP contribution < -0.4 is 0 Å². The van der Waals surface area contributed by atoms with Crippen LogP contribution in [0.1, 0.15) is 13.8 Å². The zero-order valence-corrected chi connectivity index (χ0v) is 9.55. The van der Waals surface area contributed by atoms with Gasteiger partial charge in [0.25, 0.3) is 0 Å². The van der Waals surface area contributed by atoms with Gasteiger partial charge in [0, 0.05) is 4.91 Å². The fourth-order valence-electron chi connectivity index (χ4n) is 2.16. The van der Waals surface area contributed by atoms with E-state index in [4.69, 9.17) is 19.7 Å². The first-order valence-corrected chi connectivity index (χ1v) is 5.33. The zero-order valence-electron chi connectivity index (χ0n) is 9.55. The molecule has 0 saturated carbocycles. The number of ether oxygens (including phenoxy) is 3. The molecule has 0 aromatic carbocycles. The first kappa shape index (κ1) is 12.6. The maximum absolute atomic E-state index is 9.94. The Morgan fingerprint density at radius 1 is 1.35 bits per heavy atom. The van der Waals surface area contributed by atoms with Crippen LogP contribution in [0.2, 0.25) is 0 Å². The molecule has 2 aliphatic rings. The van der Waals surface area contributed by atoms with E-state index in [0.29, 0.717) is 0 Å². The minimum Gasteiger partial charge on any atom is -0.394 e. The van der Waals surface area contributed by atoms with Crippen LogP contribution in [0, 0.1) is 0 Å². The maximum Gasteiger partial charge on any atom is 0.165 e. The molecule has 2 saturated heterocycles. The molecular formula is C9H15N3O5. The fraction of sp³-hybridized carbons (Fsp3) is 1.00. The highest BCUT2D eigenvalue weighted by Gasteiger charge is 2.54. The van der Waals surface area contributed by atoms with Gasteiger partial charge in [0.05, 0.1) is 6.61 Å². The minimum absolute atomic E-state index is 0.301. The van der Waals surface area contributed by atoms with Gasteiger partial charge < -0.3 is 24.4 Å². The van der Waals surface area contributed by atoms with Gasteiger partial charge in [-0.15, -0.1) is 0 Å². The Labute approximate surface area is 97.7 Å². The van der Waals surface area contributed by atoms with Crippen molar-refractivity contribution in [3.63, 3.8) is 0 Å². The van der Waals surface area contributed by atoms with E-state index in [0.717, 1.165) is 0 Å². The van der Waals surface area contributed by atoms with Gasteiger partial charge in [-0.2, -0.15) is 0 Å². The van der Waals surface area contributed by atoms with Crippen LogP contribution >= 0.6 is 0 Å². The number of rotatable bonds is 2. The molecule has 2 rings (SSSR count). The first-order chi connectivity index (χ1) is 7.98. The Kier molecular flexibility index (Phi) is 3.26. The van der Waals surface area contributed by atoms with E-state index in [1.54, 1.807) is 13.8 Å². The molecule has 8 heteroatoms. The summed E-state index contributed by atoms with van der Waals surface area (Å²) in [5.74, 6) is -0.863. The summed E-state index contributed by atoms with van der Waals surface area (Å²) in [5, 5.41) is 22.5. The summed E-state index contributed by atoms with van der Waals surface area (Å²) in [6, 6.07) is 0. The Bertz CT molecular complexity index is 344. The lowest BCUT2D eigenvalue weighted by Crippen LogP contribution is -2.56. The molecule has 0 bridgehead atoms. The molecule has 0 aliphatic carbocycles. The van der Waals surface area contributed by atoms with Crippen LogP contribution in [0.5, 0.6) is 0 Å². The summed E-state index contributed by atoms with van der Waals surface area (Å²) in [4.78, 5) is 2.59. The molecule has 96 valence electrons. The Morgan fingerprint density at radius 2 is 2.00 bits per heavy atom. The lowest BCUT2D eigenvalue weighted by Gasteiger charge is -2.37. The van der Waals surface area contributed by atoms with Crippen molar-refractivity contribution in [1.82, 2.24) is 0 Å². The Hall–Kier alpha value is -0.890. The molecule has 2 aliphatic heterocycles. The minimum atomic E-state index is -1.11. The molecule has 0 aromatic rings. The van der Waals surface area contributed by atoms with Crippen molar-refractivity contribution >= 4 is 0 Å². The van der Waals surface area contributed by atoms with Gasteiger partial charge >= 0.3 is 0 Å². The number of nitrogens with zero attached hydrogens (tertiary/aromatic N) is 3. The second-order valence-electron chi connectivity index (χ2n) is 4.51. The lowest BCUT2D eigenvalue weighted by atomic mass is 9.99. The summed E-state index contributed by atoms with van der Waals surface area (Å²) in [6.45, 7) is 3.11. The average Bonchev–Trinajstić information content (AvgIpc) is 2.59. The number of hydrogen-bond acceptors (Lipinski definition) is 6. The monoisotopic (exact) mass is 245 g/mol. The third-order valence-electron chi connectivity index (χ3n) is 2.82. The number of azide groups is 1. The molecule has 0 radical (unpaired) electrons. The van der Waals surface area contributed by atoms with Gasteiger partial charge in [0.2, 0.25) is 0 Å². The molecular weight excluding hydrogens is 230 g/mol. The van der Waals surface area contributed by atoms with Crippen molar-refractivity contribution in [2.24, 2.45) is 5.11 Å². The first-order valence-electron chi connectivity index (χ1n) is 5.33. The predicted octanol–water partition coefficient (Wildman–Crippen LogP) is -0.105. The van der Waals surface area contributed by atoms with Gasteiger partial charge in [0.15, 0.2) is 12.0 Å². The number of aliphatic hydroxyl groups is 2. The Balaban J connectivity index is 2.23. The van der Waals surface area contributed by atoms with Crippen LogP contribution in [0.4, 0.5) is 0 Å². The van der Waals surface area contributed by atoms with Crippen molar-refractivity contribution in [1.29, 1.82) is 0 Å². The van der Waals surface area contributed by atoms with Gasteiger partial charge in [-0.05, 0) is 19.4 Å². The maximum atomic E-state index is 9.94. The van der Waals surface area contributed by atoms with Crippen LogP contribution in [0.3, 0.4) is 0 Å². The summed E-state index contributed by atoms with van der Waals surface area (Å²) in [5.41, 5.74) is 8.37. The van der Waals surface area contributed by atoms with Crippen molar-refractivity contribution in [2.45, 2.75) is 50.3 Å². The van der Waals surface area contributed by atoms with Crippen LogP contribution in [-0.4, -0.2) is 53.3 Å². The third-order valence-corrected chi connectivity index (χ3v) is 2.82. The summed E-state index contributed by atoms with van der Waals surface area (Å²) < 4.78 is 16.3. The molecule has 2 N–H and O–H groups in total. The molecule has 0 amide bonds. The summed E-state index contributed by atoms with van der Waals surface area (Å²) >= 11 is 0. The van der Waals surface area contributed by atoms with Crippen molar-refractivity contribution in [3.8, 4) is 0 Å². The fourth-order valence-corrected chi connectivity index (χ4v) is 2.16. The molecule has 5 atom stereocenters. The van der Waals surface area contributed by atoms with E-state index in [1.165, 1.54) is 0 Å². The van der Waals surface area contributed by atoms with E-state index in [-0.39, 0.29) is 6.61 Å². The number of aliphatic hydroxyl groups excluding tert-OH is 2. The standard InChI is InChI=1S/C9H15N3O5/c1-9(2)16-6-4(3-13)15-8(11-12-10)5(14)7(6)17-9/h4-8,13-14H,3H2,1-2H3/t4?,5?,6-,7+,8+/m0/s1. The smallest absolute Gasteiger partial charge is 0.165 e. The van der Waals surface area contributed by atoms with E-state index >= 15 is 0 Å². The second-order valence-corrected chi connectivity index (χ2v) is 4.51. The van der Waals surface area contributed by atoms with Crippen LogP contribution in [0.25, 0.3) is 10.4 Å². The third kappa shape index (κ3) is 2.23. The summed E-state index contributed by atoms with van der Waals surface area (Å²) in [7, 11) is 0. The normalized spacial score (nSPS) is 43.9. The van der Waals surface area contributed by atoms with Crippen molar-refractivity contribution in [2.75, 3.05) is 6.61 Å². The molecule has 8 nitrogen and oxygen atoms in total. The van der Waals surface area contributed by atoms with Crippen molar-refractivity contribution < 1.29 is 24.4 Å². The molecule has 0 aromatic heterocycles. The quantitative estimate of drug-likeness (QED) is 0.400. The van der Waals surface area contributed by atoms with Crippen molar-refractivity contribution in [3.05, 3.63) is 10.4 Å². The topological polar surface area (TPSA) is 117 Å². The number of fused-ring (bicyclic) bond motifs is 1. The largest absolute Gasteiger partial charge is 0.394 e. The van der Waals surface area contributed by atoms with Gasteiger partial charge in [-0.1, -0.05) is 5.11 Å². The Morgan fingerprint density at radius 3 is 2.59 bits per heavy atom. The predicted molar refractivity (Wildman–Crippen MR) is 54.7 cm³/mol. The highest BCUT2D eigenvalue weighted by atomic mass is 16.8. The van der Waals surface area contributed by atoms with E-state index in [1.807, 2.05) is 0 Å². The van der Waals surface area contributed by atoms with E-state index < -0.39 is 36.4 Å². The average molecular weight is 245 g/mol. The van der Waals surface area contributed by atoms with Gasteiger partial charge in [-0.25, -0.2) is 0 Å². The van der Waals surface area contributed by atoms with Gasteiger partial charge in [0.1, 0.15) is 24.4 Å².